The average Bonchev–Trinajstić information content (AvgIpc) is 3.68. The van der Waals surface area contributed by atoms with Gasteiger partial charge in [0.1, 0.15) is 35.2 Å². The molecule has 2 atom stereocenters. The zero-order valence-electron chi connectivity index (χ0n) is 35.7. The van der Waals surface area contributed by atoms with E-state index in [0.717, 1.165) is 42.5 Å². The van der Waals surface area contributed by atoms with Gasteiger partial charge in [0, 0.05) is 76.4 Å². The SMILES string of the molecule is CCC(=O)NCCNC(=O)/N=C(/N)NCCC[C@@H](NC(=O)[C@H](c1ccc(OCCCNC(=O)CCCCCN)cc1)N1Cc2ccccc2C1)C(=O)NCc1c(F)cc(O)cc1F. The molecule has 0 radical (unpaired) electrons. The van der Waals surface area contributed by atoms with Gasteiger partial charge in [0.05, 0.1) is 6.61 Å². The number of aromatic hydroxyl groups is 1. The van der Waals surface area contributed by atoms with Crippen molar-refractivity contribution in [2.24, 2.45) is 16.5 Å². The normalized spacial score (nSPS) is 13.3. The summed E-state index contributed by atoms with van der Waals surface area (Å²) in [4.78, 5) is 69.5. The molecule has 11 N–H and O–H groups in total. The summed E-state index contributed by atoms with van der Waals surface area (Å²) in [5.74, 6) is -3.75. The predicted molar refractivity (Wildman–Crippen MR) is 233 cm³/mol. The van der Waals surface area contributed by atoms with Crippen LogP contribution < -0.4 is 48.1 Å². The van der Waals surface area contributed by atoms with Gasteiger partial charge in [-0.05, 0) is 67.5 Å². The Bertz CT molecular complexity index is 1970. The van der Waals surface area contributed by atoms with Crippen LogP contribution in [0.15, 0.2) is 65.7 Å². The van der Waals surface area contributed by atoms with E-state index in [9.17, 15) is 37.9 Å². The summed E-state index contributed by atoms with van der Waals surface area (Å²) in [6, 6.07) is 13.5. The summed E-state index contributed by atoms with van der Waals surface area (Å²) in [6.45, 7) is 3.96. The van der Waals surface area contributed by atoms with E-state index in [1.165, 1.54) is 0 Å². The molecule has 0 aromatic heterocycles. The van der Waals surface area contributed by atoms with Crippen LogP contribution in [0, 0.1) is 11.6 Å². The number of nitrogens with zero attached hydrogens (tertiary/aromatic N) is 2. The van der Waals surface area contributed by atoms with E-state index in [1.54, 1.807) is 31.2 Å². The van der Waals surface area contributed by atoms with Gasteiger partial charge >= 0.3 is 6.03 Å². The topological polar surface area (TPSA) is 255 Å². The Morgan fingerprint density at radius 2 is 1.44 bits per heavy atom. The van der Waals surface area contributed by atoms with Gasteiger partial charge in [0.2, 0.25) is 23.6 Å². The van der Waals surface area contributed by atoms with Gasteiger partial charge in [-0.15, -0.1) is 0 Å². The molecule has 342 valence electrons. The number of nitrogens with one attached hydrogen (secondary N) is 6. The molecule has 0 aliphatic carbocycles. The first-order chi connectivity index (χ1) is 30.4. The van der Waals surface area contributed by atoms with Gasteiger partial charge < -0.3 is 53.2 Å². The zero-order valence-corrected chi connectivity index (χ0v) is 35.7. The fraction of sp³-hybridized carbons (Fsp3) is 0.455. The Morgan fingerprint density at radius 1 is 0.794 bits per heavy atom. The number of hydrogen-bond acceptors (Lipinski definition) is 9. The number of amides is 6. The Kier molecular flexibility index (Phi) is 20.5. The minimum absolute atomic E-state index is 0.00919. The summed E-state index contributed by atoms with van der Waals surface area (Å²) >= 11 is 0. The number of rotatable bonds is 25. The number of fused-ring (bicyclic) bond motifs is 1. The highest BCUT2D eigenvalue weighted by Gasteiger charge is 2.34. The number of aliphatic imine (C=N–C) groups is 1. The highest BCUT2D eigenvalue weighted by Crippen LogP contribution is 2.32. The molecule has 0 saturated carbocycles. The number of halogens is 2. The smallest absolute Gasteiger partial charge is 0.344 e. The van der Waals surface area contributed by atoms with E-state index in [4.69, 9.17) is 16.2 Å². The summed E-state index contributed by atoms with van der Waals surface area (Å²) in [6.07, 6.45) is 4.23. The number of urea groups is 1. The highest BCUT2D eigenvalue weighted by atomic mass is 19.1. The van der Waals surface area contributed by atoms with Crippen LogP contribution >= 0.6 is 0 Å². The number of carbonyl (C=O) groups excluding carboxylic acids is 5. The van der Waals surface area contributed by atoms with Crippen LogP contribution in [0.3, 0.4) is 0 Å². The fourth-order valence-corrected chi connectivity index (χ4v) is 6.79. The molecular weight excluding hydrogens is 819 g/mol. The molecule has 0 unspecified atom stereocenters. The van der Waals surface area contributed by atoms with Gasteiger partial charge in [-0.25, -0.2) is 13.6 Å². The molecule has 3 aromatic carbocycles. The molecule has 0 fully saturated rings. The number of ether oxygens (including phenoxy) is 1. The van der Waals surface area contributed by atoms with E-state index in [1.807, 2.05) is 29.2 Å². The van der Waals surface area contributed by atoms with E-state index in [2.05, 4.69) is 36.9 Å². The number of hydrogen-bond donors (Lipinski definition) is 9. The first-order valence-corrected chi connectivity index (χ1v) is 21.3. The van der Waals surface area contributed by atoms with E-state index in [0.29, 0.717) is 63.4 Å². The van der Waals surface area contributed by atoms with Gasteiger partial charge in [0.15, 0.2) is 5.96 Å². The highest BCUT2D eigenvalue weighted by molar-refractivity contribution is 5.92. The quantitative estimate of drug-likeness (QED) is 0.0340. The molecule has 1 heterocycles. The van der Waals surface area contributed by atoms with Crippen LogP contribution in [-0.4, -0.2) is 91.0 Å². The lowest BCUT2D eigenvalue weighted by Crippen LogP contribution is -2.50. The zero-order chi connectivity index (χ0) is 45.6. The minimum Gasteiger partial charge on any atom is -0.508 e. The van der Waals surface area contributed by atoms with Gasteiger partial charge in [0.25, 0.3) is 0 Å². The van der Waals surface area contributed by atoms with E-state index < -0.39 is 59.4 Å². The molecule has 17 nitrogen and oxygen atoms in total. The van der Waals surface area contributed by atoms with E-state index >= 15 is 0 Å². The largest absolute Gasteiger partial charge is 0.508 e. The molecule has 0 bridgehead atoms. The molecule has 63 heavy (non-hydrogen) atoms. The fourth-order valence-electron chi connectivity index (χ4n) is 6.79. The maximum Gasteiger partial charge on any atom is 0.344 e. The molecule has 4 rings (SSSR count). The maximum absolute atomic E-state index is 14.6. The van der Waals surface area contributed by atoms with Crippen LogP contribution in [0.4, 0.5) is 13.6 Å². The standard InChI is InChI=1S/C44H60F2N10O7/c1-2-38(58)50-21-22-52-44(62)55-43(48)51-19-8-12-37(41(60)53-26-34-35(45)24-32(57)25-36(34)46)54-42(61)40(56-27-30-10-5-6-11-31(30)28-56)29-14-16-33(17-15-29)63-23-9-20-49-39(59)13-4-3-7-18-47/h5-6,10-11,14-17,24-25,37,40,57H,2-4,7-9,12-13,18-23,26-28,47H2,1H3,(H,49,59)(H,50,58)(H,53,60)(H,54,61)(H4,48,51,52,55,62)/t37-,40+/m1/s1. The first kappa shape index (κ1) is 49.3. The van der Waals surface area contributed by atoms with Crippen LogP contribution in [0.25, 0.3) is 0 Å². The van der Waals surface area contributed by atoms with Crippen molar-refractivity contribution in [3.8, 4) is 11.5 Å². The van der Waals surface area contributed by atoms with Crippen LogP contribution in [0.1, 0.15) is 86.6 Å². The Hall–Kier alpha value is -6.34. The lowest BCUT2D eigenvalue weighted by molar-refractivity contribution is -0.132. The van der Waals surface area contributed by atoms with Gasteiger partial charge in [-0.2, -0.15) is 4.99 Å². The number of nitrogens with two attached hydrogens (primary N) is 2. The van der Waals surface area contributed by atoms with Crippen molar-refractivity contribution in [1.82, 2.24) is 36.8 Å². The molecular formula is C44H60F2N10O7. The second-order valence-corrected chi connectivity index (χ2v) is 15.0. The average molecular weight is 879 g/mol. The van der Waals surface area contributed by atoms with Gasteiger partial charge in [-0.1, -0.05) is 49.7 Å². The van der Waals surface area contributed by atoms with Gasteiger partial charge in [-0.3, -0.25) is 24.1 Å². The van der Waals surface area contributed by atoms with Crippen molar-refractivity contribution in [2.45, 2.75) is 90.0 Å². The third-order valence-electron chi connectivity index (χ3n) is 10.1. The summed E-state index contributed by atoms with van der Waals surface area (Å²) in [7, 11) is 0. The number of benzene rings is 3. The number of guanidine groups is 1. The molecule has 19 heteroatoms. The van der Waals surface area contributed by atoms with Crippen molar-refractivity contribution in [3.63, 3.8) is 0 Å². The first-order valence-electron chi connectivity index (χ1n) is 21.3. The summed E-state index contributed by atoms with van der Waals surface area (Å²) < 4.78 is 35.1. The third-order valence-corrected chi connectivity index (χ3v) is 10.1. The predicted octanol–water partition coefficient (Wildman–Crippen LogP) is 2.85. The number of phenolic OH excluding ortho intramolecular Hbond substituents is 1. The van der Waals surface area contributed by atoms with Crippen molar-refractivity contribution in [3.05, 3.63) is 94.6 Å². The molecule has 0 saturated heterocycles. The molecule has 1 aliphatic rings. The second kappa shape index (κ2) is 26.2. The Balaban J connectivity index is 1.43. The second-order valence-electron chi connectivity index (χ2n) is 15.0. The Morgan fingerprint density at radius 3 is 2.11 bits per heavy atom. The monoisotopic (exact) mass is 878 g/mol. The molecule has 0 spiro atoms. The van der Waals surface area contributed by atoms with E-state index in [-0.39, 0.29) is 50.2 Å². The lowest BCUT2D eigenvalue weighted by atomic mass is 10.0. The molecule has 6 amide bonds. The minimum atomic E-state index is -1.19. The number of phenols is 1. The summed E-state index contributed by atoms with van der Waals surface area (Å²) in [5.41, 5.74) is 13.6. The number of carbonyl (C=O) groups is 5. The summed E-state index contributed by atoms with van der Waals surface area (Å²) in [5, 5.41) is 25.8. The maximum atomic E-state index is 14.6. The van der Waals surface area contributed by atoms with Crippen molar-refractivity contribution < 1.29 is 42.6 Å². The Labute approximate surface area is 366 Å². The third kappa shape index (κ3) is 16.8. The lowest BCUT2D eigenvalue weighted by Gasteiger charge is -2.29. The van der Waals surface area contributed by atoms with Crippen molar-refractivity contribution in [2.75, 3.05) is 39.3 Å². The van der Waals surface area contributed by atoms with Crippen LogP contribution in [0.2, 0.25) is 0 Å². The van der Waals surface area contributed by atoms with Crippen molar-refractivity contribution in [1.29, 1.82) is 0 Å². The van der Waals surface area contributed by atoms with Crippen LogP contribution in [0.5, 0.6) is 11.5 Å². The van der Waals surface area contributed by atoms with Crippen molar-refractivity contribution >= 4 is 35.6 Å². The molecule has 3 aromatic rings. The van der Waals surface area contributed by atoms with Crippen LogP contribution in [-0.2, 0) is 38.8 Å². The molecule has 1 aliphatic heterocycles. The number of unbranched alkanes of at least 4 members (excludes halogenated alkanes) is 2.